The zero-order valence-electron chi connectivity index (χ0n) is 14.8. The monoisotopic (exact) mass is 362 g/mol. The Kier molecular flexibility index (Phi) is 5.47. The largest absolute Gasteiger partial charge is 0.462 e. The average molecular weight is 362 g/mol. The Hall–Kier alpha value is -3.66. The van der Waals surface area contributed by atoms with Gasteiger partial charge in [-0.2, -0.15) is 5.26 Å². The molecule has 3 rings (SSSR count). The van der Waals surface area contributed by atoms with E-state index in [9.17, 15) is 14.9 Å². The van der Waals surface area contributed by atoms with Crippen LogP contribution < -0.4 is 10.9 Å². The predicted molar refractivity (Wildman–Crippen MR) is 101 cm³/mol. The van der Waals surface area contributed by atoms with E-state index in [-0.39, 0.29) is 23.4 Å². The quantitative estimate of drug-likeness (QED) is 0.677. The summed E-state index contributed by atoms with van der Waals surface area (Å²) in [4.78, 5) is 29.5. The molecule has 7 nitrogen and oxygen atoms in total. The number of nitrogens with zero attached hydrogens (tertiary/aromatic N) is 3. The van der Waals surface area contributed by atoms with Gasteiger partial charge in [0.05, 0.1) is 17.8 Å². The summed E-state index contributed by atoms with van der Waals surface area (Å²) in [6.45, 7) is 2.45. The summed E-state index contributed by atoms with van der Waals surface area (Å²) in [5, 5.41) is 12.6. The van der Waals surface area contributed by atoms with Gasteiger partial charge in [-0.3, -0.25) is 14.2 Å². The van der Waals surface area contributed by atoms with Crippen LogP contribution >= 0.6 is 0 Å². The highest BCUT2D eigenvalue weighted by molar-refractivity contribution is 6.04. The van der Waals surface area contributed by atoms with Gasteiger partial charge in [0.15, 0.2) is 0 Å². The highest BCUT2D eigenvalue weighted by Crippen LogP contribution is 2.25. The van der Waals surface area contributed by atoms with Crippen LogP contribution in [0.25, 0.3) is 5.52 Å². The molecule has 3 heterocycles. The van der Waals surface area contributed by atoms with Gasteiger partial charge in [-0.05, 0) is 30.2 Å². The molecule has 0 unspecified atom stereocenters. The number of carbonyl (C=O) groups is 1. The standard InChI is InChI=1S/C20H18N4O3/c1-2-10-27-20(26)17-16-7-3-4-9-24(16)19(25)15(11-21)18(17)23-13-14-6-5-8-22-12-14/h3-9,12,23H,2,10,13H2,1H3. The molecule has 0 saturated carbocycles. The number of nitrogens with one attached hydrogen (secondary N) is 1. The second-order valence-corrected chi connectivity index (χ2v) is 5.85. The van der Waals surface area contributed by atoms with Crippen LogP contribution in [0.2, 0.25) is 0 Å². The van der Waals surface area contributed by atoms with Gasteiger partial charge in [-0.15, -0.1) is 0 Å². The lowest BCUT2D eigenvalue weighted by Gasteiger charge is -2.16. The van der Waals surface area contributed by atoms with Crippen LogP contribution in [0.1, 0.15) is 34.8 Å². The van der Waals surface area contributed by atoms with E-state index in [2.05, 4.69) is 10.3 Å². The SMILES string of the molecule is CCCOC(=O)c1c(NCc2cccnc2)c(C#N)c(=O)n2ccccc12. The van der Waals surface area contributed by atoms with Crippen molar-refractivity contribution in [2.75, 3.05) is 11.9 Å². The second kappa shape index (κ2) is 8.15. The minimum atomic E-state index is -0.578. The fourth-order valence-electron chi connectivity index (χ4n) is 2.75. The van der Waals surface area contributed by atoms with Crippen molar-refractivity contribution in [2.45, 2.75) is 19.9 Å². The van der Waals surface area contributed by atoms with Crippen LogP contribution in [0.15, 0.2) is 53.7 Å². The Balaban J connectivity index is 2.17. The molecule has 0 atom stereocenters. The van der Waals surface area contributed by atoms with Crippen LogP contribution in [-0.4, -0.2) is 22.0 Å². The van der Waals surface area contributed by atoms with E-state index in [0.717, 1.165) is 5.56 Å². The Labute approximate surface area is 155 Å². The van der Waals surface area contributed by atoms with Crippen molar-refractivity contribution in [1.82, 2.24) is 9.38 Å². The first-order valence-corrected chi connectivity index (χ1v) is 8.54. The summed E-state index contributed by atoms with van der Waals surface area (Å²) in [6, 6.07) is 10.6. The van der Waals surface area contributed by atoms with E-state index < -0.39 is 11.5 Å². The topological polar surface area (TPSA) is 96.5 Å². The molecule has 7 heteroatoms. The van der Waals surface area contributed by atoms with Crippen molar-refractivity contribution in [3.63, 3.8) is 0 Å². The van der Waals surface area contributed by atoms with E-state index in [4.69, 9.17) is 4.74 Å². The molecule has 0 bridgehead atoms. The lowest BCUT2D eigenvalue weighted by molar-refractivity contribution is 0.0508. The number of hydrogen-bond donors (Lipinski definition) is 1. The smallest absolute Gasteiger partial charge is 0.342 e. The highest BCUT2D eigenvalue weighted by atomic mass is 16.5. The molecule has 0 amide bonds. The zero-order chi connectivity index (χ0) is 19.2. The van der Waals surface area contributed by atoms with Crippen molar-refractivity contribution >= 4 is 17.2 Å². The van der Waals surface area contributed by atoms with Gasteiger partial charge in [0, 0.05) is 25.1 Å². The van der Waals surface area contributed by atoms with Gasteiger partial charge >= 0.3 is 5.97 Å². The molecule has 0 radical (unpaired) electrons. The molecule has 0 spiro atoms. The fourth-order valence-corrected chi connectivity index (χ4v) is 2.75. The maximum absolute atomic E-state index is 12.7. The molecule has 3 aromatic heterocycles. The summed E-state index contributed by atoms with van der Waals surface area (Å²) < 4.78 is 6.59. The van der Waals surface area contributed by atoms with Gasteiger partial charge in [0.2, 0.25) is 0 Å². The molecule has 1 N–H and O–H groups in total. The first-order chi connectivity index (χ1) is 13.2. The van der Waals surface area contributed by atoms with Crippen LogP contribution in [0, 0.1) is 11.3 Å². The molecule has 0 fully saturated rings. The minimum absolute atomic E-state index is 0.133. The maximum Gasteiger partial charge on any atom is 0.342 e. The molecule has 136 valence electrons. The lowest BCUT2D eigenvalue weighted by Crippen LogP contribution is -2.24. The second-order valence-electron chi connectivity index (χ2n) is 5.85. The van der Waals surface area contributed by atoms with Crippen molar-refractivity contribution in [1.29, 1.82) is 5.26 Å². The van der Waals surface area contributed by atoms with E-state index in [1.807, 2.05) is 19.1 Å². The number of ether oxygens (including phenoxy) is 1. The Morgan fingerprint density at radius 2 is 2.19 bits per heavy atom. The number of pyridine rings is 3. The van der Waals surface area contributed by atoms with E-state index in [0.29, 0.717) is 18.5 Å². The third kappa shape index (κ3) is 3.65. The lowest BCUT2D eigenvalue weighted by atomic mass is 10.1. The highest BCUT2D eigenvalue weighted by Gasteiger charge is 2.23. The molecular formula is C20H18N4O3. The number of fused-ring (bicyclic) bond motifs is 1. The summed E-state index contributed by atoms with van der Waals surface area (Å²) >= 11 is 0. The number of aromatic nitrogens is 2. The molecular weight excluding hydrogens is 344 g/mol. The van der Waals surface area contributed by atoms with Crippen molar-refractivity contribution in [2.24, 2.45) is 0 Å². The maximum atomic E-state index is 12.7. The normalized spacial score (nSPS) is 10.4. The molecule has 0 aliphatic heterocycles. The number of hydrogen-bond acceptors (Lipinski definition) is 6. The molecule has 27 heavy (non-hydrogen) atoms. The van der Waals surface area contributed by atoms with Crippen molar-refractivity contribution in [3.8, 4) is 6.07 Å². The Bertz CT molecular complexity index is 1070. The van der Waals surface area contributed by atoms with Crippen molar-refractivity contribution < 1.29 is 9.53 Å². The number of anilines is 1. The molecule has 3 aromatic rings. The summed E-state index contributed by atoms with van der Waals surface area (Å²) in [7, 11) is 0. The molecule has 0 aromatic carbocycles. The third-order valence-corrected chi connectivity index (χ3v) is 3.99. The summed E-state index contributed by atoms with van der Waals surface area (Å²) in [5.74, 6) is -0.578. The number of nitriles is 1. The zero-order valence-corrected chi connectivity index (χ0v) is 14.8. The van der Waals surface area contributed by atoms with Crippen LogP contribution in [0.5, 0.6) is 0 Å². The Morgan fingerprint density at radius 3 is 2.89 bits per heavy atom. The molecule has 0 saturated heterocycles. The molecule has 0 aliphatic rings. The number of rotatable bonds is 6. The fraction of sp³-hybridized carbons (Fsp3) is 0.200. The van der Waals surface area contributed by atoms with Crippen LogP contribution in [0.3, 0.4) is 0 Å². The van der Waals surface area contributed by atoms with E-state index in [1.165, 1.54) is 10.6 Å². The van der Waals surface area contributed by atoms with Gasteiger partial charge in [0.1, 0.15) is 17.2 Å². The third-order valence-electron chi connectivity index (χ3n) is 3.99. The minimum Gasteiger partial charge on any atom is -0.462 e. The van der Waals surface area contributed by atoms with Crippen LogP contribution in [0.4, 0.5) is 5.69 Å². The number of carbonyl (C=O) groups excluding carboxylic acids is 1. The first kappa shape index (κ1) is 18.1. The van der Waals surface area contributed by atoms with E-state index >= 15 is 0 Å². The van der Waals surface area contributed by atoms with Gasteiger partial charge in [0.25, 0.3) is 5.56 Å². The summed E-state index contributed by atoms with van der Waals surface area (Å²) in [6.07, 6.45) is 5.52. The number of esters is 1. The van der Waals surface area contributed by atoms with Crippen LogP contribution in [-0.2, 0) is 11.3 Å². The predicted octanol–water partition coefficient (Wildman–Crippen LogP) is 2.75. The Morgan fingerprint density at radius 1 is 1.33 bits per heavy atom. The molecule has 0 aliphatic carbocycles. The van der Waals surface area contributed by atoms with Gasteiger partial charge in [-0.1, -0.05) is 19.1 Å². The van der Waals surface area contributed by atoms with E-state index in [1.54, 1.807) is 36.7 Å². The van der Waals surface area contributed by atoms with Gasteiger partial charge < -0.3 is 10.1 Å². The first-order valence-electron chi connectivity index (χ1n) is 8.54. The van der Waals surface area contributed by atoms with Crippen molar-refractivity contribution in [3.05, 3.63) is 76.0 Å². The average Bonchev–Trinajstić information content (AvgIpc) is 2.71. The van der Waals surface area contributed by atoms with Gasteiger partial charge in [-0.25, -0.2) is 4.79 Å². The summed E-state index contributed by atoms with van der Waals surface area (Å²) in [5.41, 5.74) is 0.960.